The Morgan fingerprint density at radius 1 is 1.37 bits per heavy atom. The van der Waals surface area contributed by atoms with E-state index in [0.29, 0.717) is 19.4 Å². The molecule has 0 amide bonds. The van der Waals surface area contributed by atoms with Crippen molar-refractivity contribution in [1.82, 2.24) is 4.90 Å². The second-order valence-corrected chi connectivity index (χ2v) is 5.13. The molecule has 0 radical (unpaired) electrons. The van der Waals surface area contributed by atoms with Crippen LogP contribution in [0.25, 0.3) is 0 Å². The summed E-state index contributed by atoms with van der Waals surface area (Å²) in [5.41, 5.74) is 0. The van der Waals surface area contributed by atoms with Crippen LogP contribution in [-0.4, -0.2) is 86.2 Å². The van der Waals surface area contributed by atoms with Gasteiger partial charge in [-0.2, -0.15) is 0 Å². The summed E-state index contributed by atoms with van der Waals surface area (Å²) in [6.07, 6.45) is -3.35. The lowest BCUT2D eigenvalue weighted by Crippen LogP contribution is -2.65. The fourth-order valence-corrected chi connectivity index (χ4v) is 2.62. The molecule has 0 spiro atoms. The van der Waals surface area contributed by atoms with Crippen LogP contribution in [0.1, 0.15) is 12.8 Å². The molecule has 0 aromatic heterocycles. The van der Waals surface area contributed by atoms with Gasteiger partial charge in [-0.15, -0.1) is 0 Å². The monoisotopic (exact) mass is 277 g/mol. The number of aliphatic carboxylic acids is 1. The molecule has 0 aromatic carbocycles. The summed E-state index contributed by atoms with van der Waals surface area (Å²) >= 11 is 0. The Hall–Kier alpha value is -0.770. The Bertz CT molecular complexity index is 352. The van der Waals surface area contributed by atoms with Gasteiger partial charge in [0.05, 0.1) is 13.2 Å². The molecule has 0 aromatic rings. The molecule has 0 bridgehead atoms. The van der Waals surface area contributed by atoms with Crippen LogP contribution in [0.3, 0.4) is 0 Å². The zero-order chi connectivity index (χ0) is 14.2. The highest BCUT2D eigenvalue weighted by Crippen LogP contribution is 2.28. The Morgan fingerprint density at radius 3 is 2.68 bits per heavy atom. The first kappa shape index (κ1) is 14.6. The number of aliphatic hydroxyl groups excluding tert-OH is 3. The summed E-state index contributed by atoms with van der Waals surface area (Å²) in [7, 11) is 0. The van der Waals surface area contributed by atoms with Crippen LogP contribution in [0, 0.1) is 0 Å². The summed E-state index contributed by atoms with van der Waals surface area (Å²) in [5.74, 6) is -3.07. The van der Waals surface area contributed by atoms with Gasteiger partial charge in [0, 0.05) is 0 Å². The van der Waals surface area contributed by atoms with Gasteiger partial charge < -0.3 is 30.3 Å². The standard InChI is InChI=1S/C11H19NO7/c13-7-4-19-11(18,9(15)8(7)14)5-12-3-1-2-6(12)10(16)17/h6-9,13-15,18H,1-5H2,(H,16,17)/t6-,7?,8?,9?,11?/m1/s1. The molecule has 5 atom stereocenters. The zero-order valence-electron chi connectivity index (χ0n) is 10.3. The van der Waals surface area contributed by atoms with Gasteiger partial charge in [0.2, 0.25) is 5.79 Å². The molecule has 2 saturated heterocycles. The molecule has 0 saturated carbocycles. The number of likely N-dealkylation sites (tertiary alicyclic amines) is 1. The third-order valence-electron chi connectivity index (χ3n) is 3.76. The van der Waals surface area contributed by atoms with Gasteiger partial charge in [0.15, 0.2) is 0 Å². The number of ether oxygens (including phenoxy) is 1. The minimum atomic E-state index is -2.07. The van der Waals surface area contributed by atoms with E-state index in [9.17, 15) is 25.2 Å². The van der Waals surface area contributed by atoms with E-state index in [0.717, 1.165) is 0 Å². The van der Waals surface area contributed by atoms with Gasteiger partial charge in [-0.3, -0.25) is 9.69 Å². The van der Waals surface area contributed by atoms with E-state index >= 15 is 0 Å². The van der Waals surface area contributed by atoms with Crippen LogP contribution in [0.5, 0.6) is 0 Å². The van der Waals surface area contributed by atoms with E-state index in [2.05, 4.69) is 0 Å². The van der Waals surface area contributed by atoms with Crippen molar-refractivity contribution in [2.45, 2.75) is 43.0 Å². The topological polar surface area (TPSA) is 131 Å². The van der Waals surface area contributed by atoms with E-state index in [1.165, 1.54) is 4.90 Å². The molecule has 110 valence electrons. The summed E-state index contributed by atoms with van der Waals surface area (Å²) in [5, 5.41) is 47.9. The second kappa shape index (κ2) is 5.31. The van der Waals surface area contributed by atoms with Crippen molar-refractivity contribution in [3.05, 3.63) is 0 Å². The minimum Gasteiger partial charge on any atom is -0.480 e. The molecule has 2 rings (SSSR count). The Balaban J connectivity index is 2.06. The molecular formula is C11H19NO7. The van der Waals surface area contributed by atoms with Crippen molar-refractivity contribution >= 4 is 5.97 Å². The Labute approximate surface area is 109 Å². The van der Waals surface area contributed by atoms with Crippen molar-refractivity contribution in [1.29, 1.82) is 0 Å². The molecule has 4 unspecified atom stereocenters. The van der Waals surface area contributed by atoms with E-state index in [1.807, 2.05) is 0 Å². The molecule has 2 fully saturated rings. The van der Waals surface area contributed by atoms with Gasteiger partial charge >= 0.3 is 5.97 Å². The summed E-state index contributed by atoms with van der Waals surface area (Å²) < 4.78 is 5.01. The molecule has 2 heterocycles. The molecule has 8 heteroatoms. The van der Waals surface area contributed by atoms with Crippen LogP contribution in [0.4, 0.5) is 0 Å². The number of hydrogen-bond donors (Lipinski definition) is 5. The predicted octanol–water partition coefficient (Wildman–Crippen LogP) is -2.66. The third kappa shape index (κ3) is 2.73. The largest absolute Gasteiger partial charge is 0.480 e. The fraction of sp³-hybridized carbons (Fsp3) is 0.909. The summed E-state index contributed by atoms with van der Waals surface area (Å²) in [4.78, 5) is 12.5. The predicted molar refractivity (Wildman–Crippen MR) is 61.2 cm³/mol. The SMILES string of the molecule is O=C(O)[C@H]1CCCN1CC1(O)OCC(O)C(O)C1O. The number of nitrogens with zero attached hydrogens (tertiary/aromatic N) is 1. The van der Waals surface area contributed by atoms with Gasteiger partial charge in [-0.1, -0.05) is 0 Å². The van der Waals surface area contributed by atoms with Crippen LogP contribution >= 0.6 is 0 Å². The van der Waals surface area contributed by atoms with Crippen molar-refractivity contribution in [3.63, 3.8) is 0 Å². The molecule has 0 aliphatic carbocycles. The quantitative estimate of drug-likeness (QED) is 0.378. The average molecular weight is 277 g/mol. The summed E-state index contributed by atoms with van der Waals surface area (Å²) in [6, 6.07) is -0.733. The first-order chi connectivity index (χ1) is 8.85. The number of β-amino-alcohol motifs (C(OH)–C–C–N with tert-alkyl or cyclic N) is 1. The van der Waals surface area contributed by atoms with Crippen molar-refractivity contribution in [3.8, 4) is 0 Å². The van der Waals surface area contributed by atoms with E-state index in [1.54, 1.807) is 0 Å². The molecule has 5 N–H and O–H groups in total. The van der Waals surface area contributed by atoms with E-state index in [-0.39, 0.29) is 13.2 Å². The van der Waals surface area contributed by atoms with Gasteiger partial charge in [-0.05, 0) is 19.4 Å². The molecule has 2 aliphatic heterocycles. The van der Waals surface area contributed by atoms with Crippen LogP contribution in [-0.2, 0) is 9.53 Å². The highest BCUT2D eigenvalue weighted by molar-refractivity contribution is 5.73. The first-order valence-electron chi connectivity index (χ1n) is 6.22. The Kier molecular flexibility index (Phi) is 4.09. The second-order valence-electron chi connectivity index (χ2n) is 5.13. The number of carbonyl (C=O) groups is 1. The maximum atomic E-state index is 11.0. The van der Waals surface area contributed by atoms with Crippen LogP contribution in [0.2, 0.25) is 0 Å². The first-order valence-corrected chi connectivity index (χ1v) is 6.22. The normalized spacial score (nSPS) is 44.4. The van der Waals surface area contributed by atoms with Gasteiger partial charge in [0.25, 0.3) is 0 Å². The maximum Gasteiger partial charge on any atom is 0.320 e. The van der Waals surface area contributed by atoms with E-state index in [4.69, 9.17) is 9.84 Å². The van der Waals surface area contributed by atoms with Crippen LogP contribution in [0.15, 0.2) is 0 Å². The highest BCUT2D eigenvalue weighted by atomic mass is 16.6. The van der Waals surface area contributed by atoms with Crippen molar-refractivity contribution < 1.29 is 35.1 Å². The lowest BCUT2D eigenvalue weighted by molar-refractivity contribution is -0.325. The average Bonchev–Trinajstić information content (AvgIpc) is 2.80. The lowest BCUT2D eigenvalue weighted by Gasteiger charge is -2.43. The van der Waals surface area contributed by atoms with Crippen LogP contribution < -0.4 is 0 Å². The lowest BCUT2D eigenvalue weighted by atomic mass is 9.96. The summed E-state index contributed by atoms with van der Waals surface area (Å²) in [6.45, 7) is -0.0801. The number of carboxylic acids is 1. The number of aliphatic hydroxyl groups is 4. The van der Waals surface area contributed by atoms with Gasteiger partial charge in [0.1, 0.15) is 24.4 Å². The zero-order valence-corrected chi connectivity index (χ0v) is 10.3. The molecule has 2 aliphatic rings. The third-order valence-corrected chi connectivity index (χ3v) is 3.76. The fourth-order valence-electron chi connectivity index (χ4n) is 2.62. The molecule has 8 nitrogen and oxygen atoms in total. The smallest absolute Gasteiger partial charge is 0.320 e. The maximum absolute atomic E-state index is 11.0. The van der Waals surface area contributed by atoms with Crippen molar-refractivity contribution in [2.24, 2.45) is 0 Å². The Morgan fingerprint density at radius 2 is 2.05 bits per heavy atom. The molecular weight excluding hydrogens is 258 g/mol. The number of carboxylic acid groups (broad SMARTS) is 1. The highest BCUT2D eigenvalue weighted by Gasteiger charge is 2.50. The van der Waals surface area contributed by atoms with Crippen molar-refractivity contribution in [2.75, 3.05) is 19.7 Å². The number of rotatable bonds is 3. The molecule has 19 heavy (non-hydrogen) atoms. The van der Waals surface area contributed by atoms with E-state index < -0.39 is 36.1 Å². The van der Waals surface area contributed by atoms with Gasteiger partial charge in [-0.25, -0.2) is 0 Å². The number of hydrogen-bond acceptors (Lipinski definition) is 7. The minimum absolute atomic E-state index is 0.227.